The van der Waals surface area contributed by atoms with Crippen LogP contribution >= 0.6 is 27.7 Å². The molecule has 0 saturated carbocycles. The van der Waals surface area contributed by atoms with Crippen molar-refractivity contribution in [1.29, 1.82) is 5.41 Å². The Labute approximate surface area is 158 Å². The van der Waals surface area contributed by atoms with Gasteiger partial charge in [0.05, 0.1) is 7.11 Å². The molecule has 2 N–H and O–H groups in total. The number of hydrogen-bond donors (Lipinski definition) is 2. The summed E-state index contributed by atoms with van der Waals surface area (Å²) in [5.74, 6) is -0.193. The van der Waals surface area contributed by atoms with Crippen molar-refractivity contribution in [3.05, 3.63) is 63.4 Å². The van der Waals surface area contributed by atoms with Gasteiger partial charge in [0, 0.05) is 15.6 Å². The number of carbonyl (C=O) groups excluding carboxylic acids is 1. The number of hydrogen-bond acceptors (Lipinski definition) is 4. The summed E-state index contributed by atoms with van der Waals surface area (Å²) in [5.41, 5.74) is 1.49. The Balaban J connectivity index is 2.26. The zero-order valence-electron chi connectivity index (χ0n) is 13.9. The largest absolute Gasteiger partial charge is 0.496 e. The van der Waals surface area contributed by atoms with Crippen LogP contribution in [0.3, 0.4) is 0 Å². The number of benzene rings is 2. The van der Waals surface area contributed by atoms with Crippen LogP contribution in [0.2, 0.25) is 0 Å². The van der Waals surface area contributed by atoms with E-state index in [2.05, 4.69) is 21.2 Å². The summed E-state index contributed by atoms with van der Waals surface area (Å²) >= 11 is 4.53. The molecular formula is C18H18BrFN2O2S. The van der Waals surface area contributed by atoms with Crippen molar-refractivity contribution in [2.45, 2.75) is 12.8 Å². The molecule has 0 aliphatic rings. The molecule has 132 valence electrons. The molecule has 0 saturated heterocycles. The molecule has 0 unspecified atom stereocenters. The smallest absolute Gasteiger partial charge is 0.257 e. The van der Waals surface area contributed by atoms with E-state index >= 15 is 0 Å². The lowest BCUT2D eigenvalue weighted by Gasteiger charge is -2.13. The van der Waals surface area contributed by atoms with Crippen molar-refractivity contribution in [1.82, 2.24) is 5.32 Å². The van der Waals surface area contributed by atoms with Gasteiger partial charge in [0.25, 0.3) is 5.91 Å². The van der Waals surface area contributed by atoms with E-state index in [-0.39, 0.29) is 10.7 Å². The van der Waals surface area contributed by atoms with Gasteiger partial charge >= 0.3 is 0 Å². The first-order valence-corrected chi connectivity index (χ1v) is 9.51. The molecule has 2 aromatic rings. The van der Waals surface area contributed by atoms with E-state index in [0.717, 1.165) is 27.5 Å². The molecule has 2 rings (SSSR count). The number of halogens is 2. The Kier molecular flexibility index (Phi) is 7.01. The number of rotatable bonds is 5. The van der Waals surface area contributed by atoms with Gasteiger partial charge < -0.3 is 10.1 Å². The maximum absolute atomic E-state index is 14.3. The highest BCUT2D eigenvalue weighted by molar-refractivity contribution is 9.10. The predicted octanol–water partition coefficient (Wildman–Crippen LogP) is 4.41. The van der Waals surface area contributed by atoms with Gasteiger partial charge in [-0.3, -0.25) is 10.2 Å². The van der Waals surface area contributed by atoms with Crippen molar-refractivity contribution in [3.63, 3.8) is 0 Å². The standard InChI is InChI=1S/C18H18BrFN2O2S/c1-24-16-9-7-12(19)10-11(16)6-8-13-14(4-3-5-15(13)20)17(23)22-18(21)25-2/h3-5,7,9-10H,6,8H2,1-2H3,(H2,21,22,23). The van der Waals surface area contributed by atoms with Gasteiger partial charge in [0.1, 0.15) is 11.6 Å². The van der Waals surface area contributed by atoms with Crippen molar-refractivity contribution in [2.24, 2.45) is 0 Å². The fourth-order valence-electron chi connectivity index (χ4n) is 2.45. The normalized spacial score (nSPS) is 10.4. The molecule has 0 fully saturated rings. The molecule has 0 spiro atoms. The fraction of sp³-hybridized carbons (Fsp3) is 0.222. The first-order chi connectivity index (χ1) is 12.0. The third kappa shape index (κ3) is 5.06. The zero-order chi connectivity index (χ0) is 18.4. The highest BCUT2D eigenvalue weighted by Gasteiger charge is 2.17. The average Bonchev–Trinajstić information content (AvgIpc) is 2.60. The minimum atomic E-state index is -0.477. The minimum Gasteiger partial charge on any atom is -0.496 e. The van der Waals surface area contributed by atoms with Crippen LogP contribution in [0.5, 0.6) is 5.75 Å². The Bertz CT molecular complexity index is 799. The van der Waals surface area contributed by atoms with Crippen molar-refractivity contribution in [2.75, 3.05) is 13.4 Å². The van der Waals surface area contributed by atoms with Crippen LogP contribution in [-0.4, -0.2) is 24.4 Å². The SMILES string of the molecule is COc1ccc(Br)cc1CCc1c(F)cccc1C(=O)NC(=N)SC. The Morgan fingerprint density at radius 2 is 2.08 bits per heavy atom. The van der Waals surface area contributed by atoms with Crippen LogP contribution in [0.15, 0.2) is 40.9 Å². The Morgan fingerprint density at radius 1 is 1.32 bits per heavy atom. The molecule has 0 radical (unpaired) electrons. The molecule has 0 aliphatic heterocycles. The maximum Gasteiger partial charge on any atom is 0.257 e. The van der Waals surface area contributed by atoms with Crippen LogP contribution in [0.1, 0.15) is 21.5 Å². The summed E-state index contributed by atoms with van der Waals surface area (Å²) < 4.78 is 20.6. The van der Waals surface area contributed by atoms with Crippen LogP contribution in [0, 0.1) is 11.2 Å². The molecule has 0 bridgehead atoms. The first-order valence-electron chi connectivity index (χ1n) is 7.50. The van der Waals surface area contributed by atoms with E-state index in [0.29, 0.717) is 18.4 Å². The highest BCUT2D eigenvalue weighted by atomic mass is 79.9. The maximum atomic E-state index is 14.3. The summed E-state index contributed by atoms with van der Waals surface area (Å²) in [6.07, 6.45) is 2.55. The lowest BCUT2D eigenvalue weighted by atomic mass is 9.98. The number of amidine groups is 1. The van der Waals surface area contributed by atoms with Crippen LogP contribution in [-0.2, 0) is 12.8 Å². The lowest BCUT2D eigenvalue weighted by Crippen LogP contribution is -2.28. The lowest BCUT2D eigenvalue weighted by molar-refractivity contribution is 0.0976. The van der Waals surface area contributed by atoms with Crippen LogP contribution < -0.4 is 10.1 Å². The molecule has 2 aromatic carbocycles. The molecular weight excluding hydrogens is 407 g/mol. The van der Waals surface area contributed by atoms with Crippen LogP contribution in [0.4, 0.5) is 4.39 Å². The van der Waals surface area contributed by atoms with E-state index in [1.165, 1.54) is 12.1 Å². The summed E-state index contributed by atoms with van der Waals surface area (Å²) in [7, 11) is 1.59. The molecule has 0 heterocycles. The fourth-order valence-corrected chi connectivity index (χ4v) is 3.05. The van der Waals surface area contributed by atoms with E-state index in [1.54, 1.807) is 19.4 Å². The molecule has 25 heavy (non-hydrogen) atoms. The summed E-state index contributed by atoms with van der Waals surface area (Å²) in [5, 5.41) is 10.0. The molecule has 7 heteroatoms. The van der Waals surface area contributed by atoms with E-state index in [1.807, 2.05) is 18.2 Å². The number of carbonyl (C=O) groups is 1. The molecule has 1 amide bonds. The second-order valence-electron chi connectivity index (χ2n) is 5.21. The zero-order valence-corrected chi connectivity index (χ0v) is 16.3. The summed E-state index contributed by atoms with van der Waals surface area (Å²) in [6.45, 7) is 0. The summed E-state index contributed by atoms with van der Waals surface area (Å²) in [6, 6.07) is 10.0. The molecule has 0 atom stereocenters. The Hall–Kier alpha value is -1.86. The van der Waals surface area contributed by atoms with Crippen LogP contribution in [0.25, 0.3) is 0 Å². The highest BCUT2D eigenvalue weighted by Crippen LogP contribution is 2.25. The number of ether oxygens (including phenoxy) is 1. The van der Waals surface area contributed by atoms with Crippen molar-refractivity contribution in [3.8, 4) is 5.75 Å². The quantitative estimate of drug-likeness (QED) is 0.551. The second-order valence-corrected chi connectivity index (χ2v) is 6.94. The molecule has 0 aromatic heterocycles. The topological polar surface area (TPSA) is 62.2 Å². The van der Waals surface area contributed by atoms with E-state index < -0.39 is 11.7 Å². The number of amides is 1. The number of thioether (sulfide) groups is 1. The van der Waals surface area contributed by atoms with Gasteiger partial charge in [0.2, 0.25) is 0 Å². The number of nitrogens with one attached hydrogen (secondary N) is 2. The van der Waals surface area contributed by atoms with Gasteiger partial charge in [-0.2, -0.15) is 0 Å². The third-order valence-electron chi connectivity index (χ3n) is 3.68. The third-order valence-corrected chi connectivity index (χ3v) is 4.69. The summed E-state index contributed by atoms with van der Waals surface area (Å²) in [4.78, 5) is 12.3. The first kappa shape index (κ1) is 19.5. The number of aryl methyl sites for hydroxylation is 1. The van der Waals surface area contributed by atoms with Crippen molar-refractivity contribution >= 4 is 38.8 Å². The minimum absolute atomic E-state index is 0.0221. The van der Waals surface area contributed by atoms with Gasteiger partial charge in [-0.25, -0.2) is 4.39 Å². The Morgan fingerprint density at radius 3 is 2.76 bits per heavy atom. The van der Waals surface area contributed by atoms with E-state index in [4.69, 9.17) is 10.1 Å². The van der Waals surface area contributed by atoms with Crippen molar-refractivity contribution < 1.29 is 13.9 Å². The molecule has 0 aliphatic carbocycles. The van der Waals surface area contributed by atoms with E-state index in [9.17, 15) is 9.18 Å². The van der Waals surface area contributed by atoms with Gasteiger partial charge in [-0.1, -0.05) is 33.8 Å². The van der Waals surface area contributed by atoms with Gasteiger partial charge in [0.15, 0.2) is 5.17 Å². The predicted molar refractivity (Wildman–Crippen MR) is 103 cm³/mol. The number of methoxy groups -OCH3 is 1. The van der Waals surface area contributed by atoms with Gasteiger partial charge in [-0.05, 0) is 55.0 Å². The van der Waals surface area contributed by atoms with Gasteiger partial charge in [-0.15, -0.1) is 0 Å². The second kappa shape index (κ2) is 9.01. The average molecular weight is 425 g/mol. The monoisotopic (exact) mass is 424 g/mol. The molecule has 4 nitrogen and oxygen atoms in total.